The van der Waals surface area contributed by atoms with Gasteiger partial charge in [0.1, 0.15) is 11.5 Å². The molecule has 0 saturated heterocycles. The first-order valence-corrected chi connectivity index (χ1v) is 8.06. The second kappa shape index (κ2) is 7.81. The van der Waals surface area contributed by atoms with E-state index in [1.807, 2.05) is 42.5 Å². The molecule has 0 atom stereocenters. The average molecular weight is 339 g/mol. The summed E-state index contributed by atoms with van der Waals surface area (Å²) in [6.45, 7) is 0.514. The Balaban J connectivity index is 1.71. The molecule has 0 fully saturated rings. The Labute approximate surface area is 146 Å². The van der Waals surface area contributed by atoms with Crippen LogP contribution in [0, 0.1) is 0 Å². The highest BCUT2D eigenvalue weighted by Gasteiger charge is 2.11. The molecule has 2 aromatic carbocycles. The molecule has 0 unspecified atom stereocenters. The lowest BCUT2D eigenvalue weighted by Crippen LogP contribution is -1.97. The molecule has 3 aromatic rings. The quantitative estimate of drug-likeness (QED) is 0.712. The van der Waals surface area contributed by atoms with E-state index in [2.05, 4.69) is 10.1 Å². The normalized spacial score (nSPS) is 10.7. The van der Waals surface area contributed by atoms with Crippen molar-refractivity contribution in [3.05, 3.63) is 59.5 Å². The molecule has 2 N–H and O–H groups in total. The van der Waals surface area contributed by atoms with Crippen molar-refractivity contribution < 1.29 is 14.0 Å². The number of methoxy groups -OCH3 is 2. The molecule has 0 aliphatic carbocycles. The summed E-state index contributed by atoms with van der Waals surface area (Å²) in [6, 6.07) is 13.6. The molecule has 0 bridgehead atoms. The number of nitrogens with two attached hydrogens (primary N) is 1. The number of nitrogens with zero attached hydrogens (tertiary/aromatic N) is 2. The Kier molecular flexibility index (Phi) is 5.30. The Morgan fingerprint density at radius 3 is 2.48 bits per heavy atom. The lowest BCUT2D eigenvalue weighted by molar-refractivity contribution is 0.375. The van der Waals surface area contributed by atoms with Crippen LogP contribution < -0.4 is 15.2 Å². The van der Waals surface area contributed by atoms with E-state index in [9.17, 15) is 0 Å². The fraction of sp³-hybridized carbons (Fsp3) is 0.263. The van der Waals surface area contributed by atoms with Gasteiger partial charge in [0.15, 0.2) is 0 Å². The minimum Gasteiger partial charge on any atom is -0.497 e. The minimum absolute atomic E-state index is 0.514. The van der Waals surface area contributed by atoms with Crippen LogP contribution in [0.1, 0.15) is 17.0 Å². The van der Waals surface area contributed by atoms with E-state index in [1.54, 1.807) is 14.2 Å². The molecule has 0 aliphatic heterocycles. The van der Waals surface area contributed by atoms with Crippen molar-refractivity contribution in [2.45, 2.75) is 19.4 Å². The third-order valence-corrected chi connectivity index (χ3v) is 4.01. The van der Waals surface area contributed by atoms with Crippen LogP contribution >= 0.6 is 0 Å². The van der Waals surface area contributed by atoms with Crippen molar-refractivity contribution in [2.75, 3.05) is 14.2 Å². The lowest BCUT2D eigenvalue weighted by atomic mass is 10.1. The van der Waals surface area contributed by atoms with Crippen LogP contribution in [-0.2, 0) is 19.4 Å². The standard InChI is InChI=1S/C19H21N3O3/c1-23-16-8-9-17(24-2)15(11-16)7-10-18-21-19(22-25-18)14-5-3-13(12-20)4-6-14/h3-6,8-9,11H,7,10,12,20H2,1-2H3. The number of aryl methyl sites for hydroxylation is 2. The Bertz CT molecular complexity index is 828. The Morgan fingerprint density at radius 2 is 1.80 bits per heavy atom. The Hall–Kier alpha value is -2.86. The van der Waals surface area contributed by atoms with E-state index >= 15 is 0 Å². The van der Waals surface area contributed by atoms with E-state index in [0.717, 1.165) is 28.2 Å². The molecule has 0 radical (unpaired) electrons. The third kappa shape index (κ3) is 3.97. The predicted molar refractivity (Wildman–Crippen MR) is 94.6 cm³/mol. The average Bonchev–Trinajstić information content (AvgIpc) is 3.15. The van der Waals surface area contributed by atoms with Crippen LogP contribution in [0.2, 0.25) is 0 Å². The highest BCUT2D eigenvalue weighted by molar-refractivity contribution is 5.54. The van der Waals surface area contributed by atoms with Gasteiger partial charge in [-0.05, 0) is 35.7 Å². The fourth-order valence-corrected chi connectivity index (χ4v) is 2.58. The summed E-state index contributed by atoms with van der Waals surface area (Å²) in [7, 11) is 3.30. The molecular formula is C19H21N3O3. The van der Waals surface area contributed by atoms with Crippen molar-refractivity contribution in [1.82, 2.24) is 10.1 Å². The molecule has 6 nitrogen and oxygen atoms in total. The number of hydrogen-bond acceptors (Lipinski definition) is 6. The highest BCUT2D eigenvalue weighted by Crippen LogP contribution is 2.25. The van der Waals surface area contributed by atoms with Gasteiger partial charge in [-0.25, -0.2) is 0 Å². The van der Waals surface area contributed by atoms with Gasteiger partial charge in [0.25, 0.3) is 0 Å². The maximum atomic E-state index is 5.61. The van der Waals surface area contributed by atoms with Crippen molar-refractivity contribution in [3.63, 3.8) is 0 Å². The van der Waals surface area contributed by atoms with Crippen molar-refractivity contribution in [1.29, 1.82) is 0 Å². The summed E-state index contributed by atoms with van der Waals surface area (Å²) < 4.78 is 16.0. The summed E-state index contributed by atoms with van der Waals surface area (Å²) in [4.78, 5) is 4.47. The molecule has 0 spiro atoms. The minimum atomic E-state index is 0.514. The van der Waals surface area contributed by atoms with Crippen LogP contribution in [0.3, 0.4) is 0 Å². The maximum absolute atomic E-state index is 5.61. The number of aromatic nitrogens is 2. The monoisotopic (exact) mass is 339 g/mol. The first-order chi connectivity index (χ1) is 12.2. The second-order valence-corrected chi connectivity index (χ2v) is 5.59. The summed E-state index contributed by atoms with van der Waals surface area (Å²) >= 11 is 0. The number of benzene rings is 2. The summed E-state index contributed by atoms with van der Waals surface area (Å²) in [5, 5.41) is 4.06. The maximum Gasteiger partial charge on any atom is 0.227 e. The van der Waals surface area contributed by atoms with Crippen molar-refractivity contribution in [3.8, 4) is 22.9 Å². The summed E-state index contributed by atoms with van der Waals surface area (Å²) in [5.41, 5.74) is 8.62. The smallest absolute Gasteiger partial charge is 0.227 e. The van der Waals surface area contributed by atoms with E-state index < -0.39 is 0 Å². The van der Waals surface area contributed by atoms with E-state index in [0.29, 0.717) is 31.1 Å². The predicted octanol–water partition coefficient (Wildman–Crippen LogP) is 3.00. The molecule has 0 saturated carbocycles. The molecule has 1 heterocycles. The molecule has 0 aliphatic rings. The Morgan fingerprint density at radius 1 is 1.00 bits per heavy atom. The van der Waals surface area contributed by atoms with Crippen LogP contribution in [0.5, 0.6) is 11.5 Å². The van der Waals surface area contributed by atoms with Gasteiger partial charge in [0.05, 0.1) is 14.2 Å². The molecule has 3 rings (SSSR count). The zero-order valence-electron chi connectivity index (χ0n) is 14.4. The van der Waals surface area contributed by atoms with Crippen LogP contribution in [0.15, 0.2) is 47.0 Å². The fourth-order valence-electron chi connectivity index (χ4n) is 2.58. The topological polar surface area (TPSA) is 83.4 Å². The van der Waals surface area contributed by atoms with Crippen LogP contribution in [0.25, 0.3) is 11.4 Å². The van der Waals surface area contributed by atoms with Gasteiger partial charge in [-0.2, -0.15) is 4.98 Å². The van der Waals surface area contributed by atoms with Crippen molar-refractivity contribution >= 4 is 0 Å². The van der Waals surface area contributed by atoms with Crippen molar-refractivity contribution in [2.24, 2.45) is 5.73 Å². The molecule has 25 heavy (non-hydrogen) atoms. The van der Waals surface area contributed by atoms with Crippen LogP contribution in [-0.4, -0.2) is 24.4 Å². The van der Waals surface area contributed by atoms with Gasteiger partial charge in [0, 0.05) is 18.5 Å². The summed E-state index contributed by atoms with van der Waals surface area (Å²) in [6.07, 6.45) is 1.34. The first-order valence-electron chi connectivity index (χ1n) is 8.06. The van der Waals surface area contributed by atoms with E-state index in [1.165, 1.54) is 0 Å². The molecule has 1 aromatic heterocycles. The van der Waals surface area contributed by atoms with Gasteiger partial charge >= 0.3 is 0 Å². The SMILES string of the molecule is COc1ccc(OC)c(CCc2nc(-c3ccc(CN)cc3)no2)c1. The highest BCUT2D eigenvalue weighted by atomic mass is 16.5. The zero-order chi connectivity index (χ0) is 17.6. The molecule has 6 heteroatoms. The molecule has 130 valence electrons. The molecule has 0 amide bonds. The largest absolute Gasteiger partial charge is 0.497 e. The van der Waals surface area contributed by atoms with Gasteiger partial charge in [-0.1, -0.05) is 29.4 Å². The third-order valence-electron chi connectivity index (χ3n) is 4.01. The lowest BCUT2D eigenvalue weighted by Gasteiger charge is -2.09. The van der Waals surface area contributed by atoms with Gasteiger partial charge in [-0.3, -0.25) is 0 Å². The van der Waals surface area contributed by atoms with Gasteiger partial charge in [-0.15, -0.1) is 0 Å². The number of hydrogen-bond donors (Lipinski definition) is 1. The summed E-state index contributed by atoms with van der Waals surface area (Å²) in [5.74, 6) is 2.78. The number of ether oxygens (including phenoxy) is 2. The van der Waals surface area contributed by atoms with Gasteiger partial charge in [0.2, 0.25) is 11.7 Å². The number of rotatable bonds is 7. The first kappa shape index (κ1) is 17.0. The molecular weight excluding hydrogens is 318 g/mol. The van der Waals surface area contributed by atoms with E-state index in [4.69, 9.17) is 19.7 Å². The van der Waals surface area contributed by atoms with E-state index in [-0.39, 0.29) is 0 Å². The van der Waals surface area contributed by atoms with Gasteiger partial charge < -0.3 is 19.7 Å². The second-order valence-electron chi connectivity index (χ2n) is 5.59. The zero-order valence-corrected chi connectivity index (χ0v) is 14.4. The van der Waals surface area contributed by atoms with Crippen LogP contribution in [0.4, 0.5) is 0 Å².